The molecule has 36 heavy (non-hydrogen) atoms. The summed E-state index contributed by atoms with van der Waals surface area (Å²) in [5.74, 6) is 0. The third kappa shape index (κ3) is 174. The van der Waals surface area contributed by atoms with Crippen molar-refractivity contribution in [1.29, 1.82) is 31.6 Å². The Labute approximate surface area is 486 Å². The van der Waals surface area contributed by atoms with E-state index in [4.69, 9.17) is 79.7 Å². The average molecular weight is 912 g/mol. The molecule has 0 aliphatic heterocycles. The van der Waals surface area contributed by atoms with Crippen molar-refractivity contribution < 1.29 is 441 Å². The first kappa shape index (κ1) is 79.7. The summed E-state index contributed by atoms with van der Waals surface area (Å²) in [6, 6.07) is 0. The molecule has 0 aromatic rings. The van der Waals surface area contributed by atoms with E-state index in [-0.39, 0.29) is 308 Å². The Hall–Kier alpha value is 8.44. The summed E-state index contributed by atoms with van der Waals surface area (Å²) in [7, 11) is 0. The Kier molecular flexibility index (Phi) is 165. The third-order valence-electron chi connectivity index (χ3n) is 0.414. The van der Waals surface area contributed by atoms with Gasteiger partial charge in [0.1, 0.15) is 0 Å². The molecule has 0 atom stereocenters. The van der Waals surface area contributed by atoms with Crippen LogP contribution in [0.4, 0.5) is 0 Å². The molecule has 18 nitrogen and oxygen atoms in total. The quantitative estimate of drug-likeness (QED) is 0.204. The monoisotopic (exact) mass is 911 g/mol. The van der Waals surface area contributed by atoms with E-state index in [1.807, 2.05) is 0 Å². The molecule has 0 aromatic carbocycles. The molecule has 0 bridgehead atoms. The number of rotatable bonds is 0. The first-order chi connectivity index (χ1) is 13.6. The van der Waals surface area contributed by atoms with Gasteiger partial charge in [-0.2, -0.15) is 0 Å². The predicted octanol–water partition coefficient (Wildman–Crippen LogP) is -25.7. The van der Waals surface area contributed by atoms with Crippen molar-refractivity contribution in [3.05, 3.63) is 0 Å². The van der Waals surface area contributed by atoms with Gasteiger partial charge in [0.05, 0.1) is 0 Å². The fraction of sp³-hybridized carbons (Fsp3) is 0. The zero-order valence-corrected chi connectivity index (χ0v) is 44.7. The maximum Gasteiger partial charge on any atom is 1.00 e. The van der Waals surface area contributed by atoms with Gasteiger partial charge < -0.3 is 0 Å². The zero-order valence-electron chi connectivity index (χ0n) is 18.9. The molecule has 0 heterocycles. The van der Waals surface area contributed by atoms with Gasteiger partial charge in [0.15, 0.2) is 0 Å². The van der Waals surface area contributed by atoms with Crippen molar-refractivity contribution in [3.8, 4) is 29.8 Å². The molecule has 0 rings (SSSR count). The van der Waals surface area contributed by atoms with Gasteiger partial charge in [-0.15, -0.1) is 0 Å². The van der Waals surface area contributed by atoms with Crippen molar-refractivity contribution in [1.82, 2.24) is 0 Å². The Morgan fingerprint density at radius 2 is 0.333 bits per heavy atom. The smallest absolute Gasteiger partial charge is 1.00 e. The van der Waals surface area contributed by atoms with E-state index < -0.39 is 85.0 Å². The van der Waals surface area contributed by atoms with Crippen LogP contribution < -0.4 is 333 Å². The number of nitrogens with zero attached hydrogens (tertiary/aromatic N) is 6. The van der Waals surface area contributed by atoms with E-state index in [1.54, 1.807) is 0 Å². The molecule has 0 saturated heterocycles. The molecule has 0 fully saturated rings. The Morgan fingerprint density at radius 3 is 0.333 bits per heavy atom. The van der Waals surface area contributed by atoms with Gasteiger partial charge in [0.2, 0.25) is 0 Å². The van der Waals surface area contributed by atoms with Crippen molar-refractivity contribution in [2.45, 2.75) is 0 Å². The molecule has 0 aliphatic carbocycles. The summed E-state index contributed by atoms with van der Waals surface area (Å²) < 4.78 is 109. The summed E-state index contributed by atoms with van der Waals surface area (Å²) in [4.78, 5) is 6.13. The molecule has 0 unspecified atom stereocenters. The first-order valence-corrected chi connectivity index (χ1v) is 13.7. The normalized spacial score (nSPS) is 6.17. The molecule has 0 radical (unpaired) electrons. The van der Waals surface area contributed by atoms with Crippen LogP contribution in [0.3, 0.4) is 0 Å². The second-order valence-electron chi connectivity index (χ2n) is 1.81. The maximum absolute atomic E-state index is 9.08. The Balaban J connectivity index is -0.0000000186. The van der Waals surface area contributed by atoms with Crippen molar-refractivity contribution in [3.63, 3.8) is 0 Å². The van der Waals surface area contributed by atoms with Crippen molar-refractivity contribution in [2.24, 2.45) is 0 Å². The van der Waals surface area contributed by atoms with Gasteiger partial charge in [-0.25, -0.2) is 0 Å². The van der Waals surface area contributed by atoms with E-state index in [9.17, 15) is 0 Å². The topological polar surface area (TPSA) is 384 Å². The maximum atomic E-state index is 9.08. The fourth-order valence-corrected chi connectivity index (χ4v) is 0. The van der Waals surface area contributed by atoms with Crippen LogP contribution in [0.15, 0.2) is 0 Å². The standard InChI is InChI=1S/6CN.6K.6Mn.12O/c6*1-2;;;;;;;;;;;;;;;;;;;;;;;;/q;;;;;;6*+1;;;;;;;;;;;;;6*-1. The molecule has 0 saturated carbocycles. The number of hydrogen-bond acceptors (Lipinski definition) is 18. The molecule has 0 aromatic heterocycles. The minimum Gasteiger partial charge on any atom is 1.00 e. The van der Waals surface area contributed by atoms with Gasteiger partial charge in [0, 0.05) is 0 Å². The van der Waals surface area contributed by atoms with E-state index in [0.29, 0.717) is 0 Å². The first-order valence-electron chi connectivity index (χ1n) is 4.33. The summed E-state index contributed by atoms with van der Waals surface area (Å²) in [6.45, 7) is 0. The second kappa shape index (κ2) is 74.3. The van der Waals surface area contributed by atoms with E-state index in [2.05, 4.69) is 0 Å². The van der Waals surface area contributed by atoms with Crippen LogP contribution in [0.2, 0.25) is 0 Å². The van der Waals surface area contributed by atoms with Crippen LogP contribution in [0.1, 0.15) is 0 Å². The molecule has 0 spiro atoms. The van der Waals surface area contributed by atoms with Crippen LogP contribution in [0.25, 0.3) is 0 Å². The summed E-state index contributed by atoms with van der Waals surface area (Å²) in [6.07, 6.45) is 0. The van der Waals surface area contributed by atoms with Crippen LogP contribution in [0, 0.1) is 61.4 Å². The molecular formula is C6K6Mn6N6O12. The van der Waals surface area contributed by atoms with E-state index in [0.717, 1.165) is 29.8 Å². The minimum absolute atomic E-state index is 0. The Bertz CT molecular complexity index is 702. The van der Waals surface area contributed by atoms with Crippen molar-refractivity contribution in [2.75, 3.05) is 0 Å². The largest absolute Gasteiger partial charge is 1.00 e. The molecule has 174 valence electrons. The summed E-state index contributed by atoms with van der Waals surface area (Å²) >= 11 is -18.5. The van der Waals surface area contributed by atoms with Gasteiger partial charge >= 0.3 is 503 Å². The van der Waals surface area contributed by atoms with Crippen molar-refractivity contribution >= 4 is 0 Å². The number of nitriles is 6. The second-order valence-corrected chi connectivity index (χ2v) is 7.47. The van der Waals surface area contributed by atoms with Gasteiger partial charge in [0.25, 0.3) is 0 Å². The molecule has 0 N–H and O–H groups in total. The minimum atomic E-state index is -3.09. The summed E-state index contributed by atoms with van der Waals surface area (Å²) in [5, 5.41) is 43.9. The van der Waals surface area contributed by atoms with Crippen LogP contribution >= 0.6 is 0 Å². The molecular weight excluding hydrogens is 912 g/mol. The Morgan fingerprint density at radius 1 is 0.306 bits per heavy atom. The molecule has 30 heteroatoms. The summed E-state index contributed by atoms with van der Waals surface area (Å²) in [5.41, 5.74) is 0. The van der Waals surface area contributed by atoms with Crippen LogP contribution in [-0.4, -0.2) is 0 Å². The zero-order chi connectivity index (χ0) is 25.7. The third-order valence-corrected chi connectivity index (χ3v) is 1.71. The molecule has 0 amide bonds. The average Bonchev–Trinajstić information content (AvgIpc) is 2.69. The van der Waals surface area contributed by atoms with Gasteiger partial charge in [-0.05, 0) is 0 Å². The van der Waals surface area contributed by atoms with Gasteiger partial charge in [-0.1, -0.05) is 0 Å². The van der Waals surface area contributed by atoms with E-state index in [1.165, 1.54) is 0 Å². The fourth-order valence-electron chi connectivity index (χ4n) is 0. The SMILES string of the molecule is N#[C][Mn](=[O])[O-].N#[C][Mn](=[O])[O-].N#[C][Mn](=[O])[O-].N#[C][Mn](=[O])[O-].N#[C][Mn](=[O])[O-].N#[C][Mn](=[O])[O-].[K+].[K+].[K+].[K+].[K+].[K+]. The van der Waals surface area contributed by atoms with Gasteiger partial charge in [-0.3, -0.25) is 0 Å². The van der Waals surface area contributed by atoms with Crippen LogP contribution in [-0.2, 0) is 108 Å². The predicted molar refractivity (Wildman–Crippen MR) is 37.8 cm³/mol. The number of hydrogen-bond donors (Lipinski definition) is 0. The van der Waals surface area contributed by atoms with Crippen LogP contribution in [0.5, 0.6) is 0 Å². The molecule has 0 aliphatic rings. The van der Waals surface area contributed by atoms with E-state index >= 15 is 0 Å².